The first kappa shape index (κ1) is 20.1. The van der Waals surface area contributed by atoms with Crippen molar-refractivity contribution in [1.29, 1.82) is 0 Å². The summed E-state index contributed by atoms with van der Waals surface area (Å²) in [6.07, 6.45) is -4.82. The van der Waals surface area contributed by atoms with Gasteiger partial charge in [-0.15, -0.1) is 13.2 Å². The van der Waals surface area contributed by atoms with Crippen LogP contribution in [-0.2, 0) is 9.53 Å². The van der Waals surface area contributed by atoms with Crippen molar-refractivity contribution in [2.24, 2.45) is 0 Å². The standard InChI is InChI=1S/C18H16F3NO5/c1-2-25-14-9-5-13(6-10-14)22-16(23)11-26-17(24)12-3-7-15(8-4-12)27-18(19,20)21/h3-10H,2,11H2,1H3,(H,22,23). The topological polar surface area (TPSA) is 73.9 Å². The van der Waals surface area contributed by atoms with Crippen molar-refractivity contribution in [1.82, 2.24) is 0 Å². The summed E-state index contributed by atoms with van der Waals surface area (Å²) in [5.41, 5.74) is 0.478. The van der Waals surface area contributed by atoms with Crippen LogP contribution in [0.4, 0.5) is 18.9 Å². The molecular formula is C18H16F3NO5. The fraction of sp³-hybridized carbons (Fsp3) is 0.222. The second kappa shape index (κ2) is 8.93. The molecule has 6 nitrogen and oxygen atoms in total. The molecule has 0 saturated carbocycles. The molecule has 0 fully saturated rings. The Morgan fingerprint density at radius 2 is 1.56 bits per heavy atom. The summed E-state index contributed by atoms with van der Waals surface area (Å²) in [6.45, 7) is 1.82. The lowest BCUT2D eigenvalue weighted by Crippen LogP contribution is -2.21. The molecule has 9 heteroatoms. The molecule has 0 bridgehead atoms. The molecule has 0 atom stereocenters. The summed E-state index contributed by atoms with van der Waals surface area (Å²) in [6, 6.07) is 10.8. The van der Waals surface area contributed by atoms with E-state index in [1.165, 1.54) is 0 Å². The molecule has 2 rings (SSSR count). The first-order chi connectivity index (χ1) is 12.8. The van der Waals surface area contributed by atoms with E-state index >= 15 is 0 Å². The lowest BCUT2D eigenvalue weighted by molar-refractivity contribution is -0.274. The summed E-state index contributed by atoms with van der Waals surface area (Å²) >= 11 is 0. The van der Waals surface area contributed by atoms with Crippen molar-refractivity contribution in [3.8, 4) is 11.5 Å². The highest BCUT2D eigenvalue weighted by molar-refractivity contribution is 5.95. The number of nitrogens with one attached hydrogen (secondary N) is 1. The number of hydrogen-bond acceptors (Lipinski definition) is 5. The first-order valence-corrected chi connectivity index (χ1v) is 7.82. The normalized spacial score (nSPS) is 10.8. The van der Waals surface area contributed by atoms with Crippen molar-refractivity contribution in [3.63, 3.8) is 0 Å². The van der Waals surface area contributed by atoms with Gasteiger partial charge < -0.3 is 19.5 Å². The number of anilines is 1. The lowest BCUT2D eigenvalue weighted by Gasteiger charge is -2.10. The molecule has 144 valence electrons. The third kappa shape index (κ3) is 6.89. The zero-order valence-electron chi connectivity index (χ0n) is 14.2. The van der Waals surface area contributed by atoms with Crippen molar-refractivity contribution < 1.29 is 37.0 Å². The van der Waals surface area contributed by atoms with Crippen LogP contribution in [0.3, 0.4) is 0 Å². The fourth-order valence-corrected chi connectivity index (χ4v) is 2.01. The number of ether oxygens (including phenoxy) is 3. The van der Waals surface area contributed by atoms with E-state index in [9.17, 15) is 22.8 Å². The predicted molar refractivity (Wildman–Crippen MR) is 89.6 cm³/mol. The maximum absolute atomic E-state index is 12.1. The minimum Gasteiger partial charge on any atom is -0.494 e. The Bertz CT molecular complexity index is 773. The first-order valence-electron chi connectivity index (χ1n) is 7.82. The largest absolute Gasteiger partial charge is 0.573 e. The SMILES string of the molecule is CCOc1ccc(NC(=O)COC(=O)c2ccc(OC(F)(F)F)cc2)cc1. The average Bonchev–Trinajstić information content (AvgIpc) is 2.61. The van der Waals surface area contributed by atoms with Crippen molar-refractivity contribution in [2.45, 2.75) is 13.3 Å². The van der Waals surface area contributed by atoms with Crippen LogP contribution in [0.1, 0.15) is 17.3 Å². The van der Waals surface area contributed by atoms with Crippen LogP contribution in [0.5, 0.6) is 11.5 Å². The Morgan fingerprint density at radius 3 is 2.11 bits per heavy atom. The van der Waals surface area contributed by atoms with Crippen LogP contribution in [0.2, 0.25) is 0 Å². The number of alkyl halides is 3. The summed E-state index contributed by atoms with van der Waals surface area (Å²) in [4.78, 5) is 23.6. The molecule has 2 aromatic rings. The zero-order valence-corrected chi connectivity index (χ0v) is 14.2. The average molecular weight is 383 g/mol. The quantitative estimate of drug-likeness (QED) is 0.737. The molecule has 0 spiro atoms. The summed E-state index contributed by atoms with van der Waals surface area (Å²) in [7, 11) is 0. The van der Waals surface area contributed by atoms with Gasteiger partial charge in [-0.2, -0.15) is 0 Å². The molecule has 0 aliphatic carbocycles. The zero-order chi connectivity index (χ0) is 19.9. The molecule has 0 saturated heterocycles. The number of benzene rings is 2. The maximum atomic E-state index is 12.1. The molecular weight excluding hydrogens is 367 g/mol. The fourth-order valence-electron chi connectivity index (χ4n) is 2.01. The smallest absolute Gasteiger partial charge is 0.494 e. The summed E-state index contributed by atoms with van der Waals surface area (Å²) in [5, 5.41) is 2.54. The number of carbonyl (C=O) groups is 2. The van der Waals surface area contributed by atoms with Crippen molar-refractivity contribution >= 4 is 17.6 Å². The Morgan fingerprint density at radius 1 is 0.963 bits per heavy atom. The van der Waals surface area contributed by atoms with Gasteiger partial charge in [0.2, 0.25) is 0 Å². The Labute approximate surface area is 152 Å². The van der Waals surface area contributed by atoms with E-state index in [0.717, 1.165) is 24.3 Å². The monoisotopic (exact) mass is 383 g/mol. The van der Waals surface area contributed by atoms with Gasteiger partial charge >= 0.3 is 12.3 Å². The number of rotatable bonds is 7. The van der Waals surface area contributed by atoms with Gasteiger partial charge in [-0.05, 0) is 55.5 Å². The van der Waals surface area contributed by atoms with Gasteiger partial charge in [-0.25, -0.2) is 4.79 Å². The van der Waals surface area contributed by atoms with E-state index in [1.54, 1.807) is 24.3 Å². The highest BCUT2D eigenvalue weighted by atomic mass is 19.4. The van der Waals surface area contributed by atoms with E-state index in [-0.39, 0.29) is 5.56 Å². The highest BCUT2D eigenvalue weighted by Crippen LogP contribution is 2.23. The van der Waals surface area contributed by atoms with Gasteiger partial charge in [0.05, 0.1) is 12.2 Å². The molecule has 0 unspecified atom stereocenters. The number of halogens is 3. The maximum Gasteiger partial charge on any atom is 0.573 e. The third-order valence-electron chi connectivity index (χ3n) is 3.11. The minimum atomic E-state index is -4.82. The molecule has 1 N–H and O–H groups in total. The summed E-state index contributed by atoms with van der Waals surface area (Å²) in [5.74, 6) is -1.23. The van der Waals surface area contributed by atoms with Crippen LogP contribution in [0, 0.1) is 0 Å². The number of hydrogen-bond donors (Lipinski definition) is 1. The summed E-state index contributed by atoms with van der Waals surface area (Å²) < 4.78 is 50.1. The van der Waals surface area contributed by atoms with Gasteiger partial charge in [0.15, 0.2) is 6.61 Å². The number of carbonyl (C=O) groups excluding carboxylic acids is 2. The Kier molecular flexibility index (Phi) is 6.64. The van der Waals surface area contributed by atoms with Gasteiger partial charge in [0.1, 0.15) is 11.5 Å². The molecule has 0 aliphatic rings. The van der Waals surface area contributed by atoms with Gasteiger partial charge in [-0.3, -0.25) is 4.79 Å². The van der Waals surface area contributed by atoms with Gasteiger partial charge in [-0.1, -0.05) is 0 Å². The molecule has 1 amide bonds. The molecule has 2 aromatic carbocycles. The Balaban J connectivity index is 1.82. The second-order valence-electron chi connectivity index (χ2n) is 5.15. The van der Waals surface area contributed by atoms with Crippen molar-refractivity contribution in [3.05, 3.63) is 54.1 Å². The predicted octanol–water partition coefficient (Wildman–Crippen LogP) is 3.78. The number of amides is 1. The van der Waals surface area contributed by atoms with Crippen LogP contribution in [0.25, 0.3) is 0 Å². The van der Waals surface area contributed by atoms with Crippen LogP contribution in [-0.4, -0.2) is 31.5 Å². The van der Waals surface area contributed by atoms with Crippen LogP contribution >= 0.6 is 0 Å². The van der Waals surface area contributed by atoms with E-state index in [4.69, 9.17) is 9.47 Å². The van der Waals surface area contributed by atoms with Gasteiger partial charge in [0.25, 0.3) is 5.91 Å². The molecule has 27 heavy (non-hydrogen) atoms. The highest BCUT2D eigenvalue weighted by Gasteiger charge is 2.31. The number of esters is 1. The molecule has 0 heterocycles. The third-order valence-corrected chi connectivity index (χ3v) is 3.11. The van der Waals surface area contributed by atoms with Crippen molar-refractivity contribution in [2.75, 3.05) is 18.5 Å². The van der Waals surface area contributed by atoms with Crippen LogP contribution in [0.15, 0.2) is 48.5 Å². The Hall–Kier alpha value is -3.23. The molecule has 0 aromatic heterocycles. The lowest BCUT2D eigenvalue weighted by atomic mass is 10.2. The van der Waals surface area contributed by atoms with E-state index < -0.39 is 30.6 Å². The molecule has 0 aliphatic heterocycles. The second-order valence-corrected chi connectivity index (χ2v) is 5.15. The van der Waals surface area contributed by atoms with Crippen LogP contribution < -0.4 is 14.8 Å². The van der Waals surface area contributed by atoms with E-state index in [0.29, 0.717) is 18.0 Å². The van der Waals surface area contributed by atoms with E-state index in [2.05, 4.69) is 10.1 Å². The molecule has 0 radical (unpaired) electrons. The minimum absolute atomic E-state index is 0.0154. The van der Waals surface area contributed by atoms with Gasteiger partial charge in [0, 0.05) is 5.69 Å². The van der Waals surface area contributed by atoms with E-state index in [1.807, 2.05) is 6.92 Å².